The van der Waals surface area contributed by atoms with Gasteiger partial charge in [0.25, 0.3) is 5.91 Å². The monoisotopic (exact) mass is 290 g/mol. The van der Waals surface area contributed by atoms with E-state index in [1.54, 1.807) is 4.90 Å². The first-order valence-corrected chi connectivity index (χ1v) is 7.53. The lowest BCUT2D eigenvalue weighted by Crippen LogP contribution is -2.24. The highest BCUT2D eigenvalue weighted by atomic mass is 32.2. The summed E-state index contributed by atoms with van der Waals surface area (Å²) < 4.78 is 0. The summed E-state index contributed by atoms with van der Waals surface area (Å²) >= 11 is 1.41. The van der Waals surface area contributed by atoms with Crippen LogP contribution in [-0.2, 0) is 9.59 Å². The van der Waals surface area contributed by atoms with Gasteiger partial charge < -0.3 is 10.2 Å². The highest BCUT2D eigenvalue weighted by Crippen LogP contribution is 2.28. The molecule has 1 fully saturated rings. The van der Waals surface area contributed by atoms with Crippen LogP contribution in [0, 0.1) is 13.8 Å². The molecule has 1 aliphatic heterocycles. The van der Waals surface area contributed by atoms with Gasteiger partial charge >= 0.3 is 0 Å². The number of nitrogens with one attached hydrogen (secondary N) is 1. The van der Waals surface area contributed by atoms with Gasteiger partial charge in [-0.15, -0.1) is 0 Å². The number of para-hydroxylation sites is 1. The second-order valence-electron chi connectivity index (χ2n) is 4.67. The maximum absolute atomic E-state index is 12.1. The molecule has 0 atom stereocenters. The zero-order valence-electron chi connectivity index (χ0n) is 11.9. The minimum atomic E-state index is -0.196. The SMILES string of the molecule is CCN1C(=O)CS/C1=C\C(=O)Nc1c(C)cccc1C. The Morgan fingerprint density at radius 1 is 1.40 bits per heavy atom. The van der Waals surface area contributed by atoms with Crippen molar-refractivity contribution in [3.05, 3.63) is 40.4 Å². The van der Waals surface area contributed by atoms with Gasteiger partial charge in [0.15, 0.2) is 0 Å². The van der Waals surface area contributed by atoms with E-state index in [-0.39, 0.29) is 11.8 Å². The summed E-state index contributed by atoms with van der Waals surface area (Å²) in [5.74, 6) is 0.276. The molecule has 0 unspecified atom stereocenters. The maximum atomic E-state index is 12.1. The zero-order valence-corrected chi connectivity index (χ0v) is 12.7. The molecule has 1 aliphatic rings. The van der Waals surface area contributed by atoms with Crippen molar-refractivity contribution in [1.82, 2.24) is 4.90 Å². The summed E-state index contributed by atoms with van der Waals surface area (Å²) in [6.07, 6.45) is 1.50. The summed E-state index contributed by atoms with van der Waals surface area (Å²) in [5, 5.41) is 3.62. The van der Waals surface area contributed by atoms with E-state index >= 15 is 0 Å². The molecule has 1 saturated heterocycles. The Morgan fingerprint density at radius 3 is 2.65 bits per heavy atom. The quantitative estimate of drug-likeness (QED) is 0.871. The molecular weight excluding hydrogens is 272 g/mol. The van der Waals surface area contributed by atoms with Gasteiger partial charge in [0, 0.05) is 18.3 Å². The second kappa shape index (κ2) is 6.13. The van der Waals surface area contributed by atoms with Crippen molar-refractivity contribution in [1.29, 1.82) is 0 Å². The molecule has 0 saturated carbocycles. The first-order valence-electron chi connectivity index (χ1n) is 6.55. The third-order valence-corrected chi connectivity index (χ3v) is 4.24. The van der Waals surface area contributed by atoms with E-state index in [1.807, 2.05) is 39.0 Å². The van der Waals surface area contributed by atoms with Gasteiger partial charge in [-0.25, -0.2) is 0 Å². The van der Waals surface area contributed by atoms with Crippen LogP contribution < -0.4 is 5.32 Å². The van der Waals surface area contributed by atoms with Crippen LogP contribution in [-0.4, -0.2) is 29.0 Å². The molecule has 106 valence electrons. The molecule has 0 radical (unpaired) electrons. The molecule has 20 heavy (non-hydrogen) atoms. The Balaban J connectivity index is 2.15. The third kappa shape index (κ3) is 3.04. The predicted octanol–water partition coefficient (Wildman–Crippen LogP) is 2.68. The third-order valence-electron chi connectivity index (χ3n) is 3.21. The van der Waals surface area contributed by atoms with Crippen molar-refractivity contribution in [3.63, 3.8) is 0 Å². The van der Waals surface area contributed by atoms with Gasteiger partial charge in [-0.2, -0.15) is 0 Å². The smallest absolute Gasteiger partial charge is 0.251 e. The van der Waals surface area contributed by atoms with Crippen LogP contribution in [0.4, 0.5) is 5.69 Å². The van der Waals surface area contributed by atoms with Crippen LogP contribution in [0.5, 0.6) is 0 Å². The zero-order chi connectivity index (χ0) is 14.7. The molecule has 0 aliphatic carbocycles. The van der Waals surface area contributed by atoms with Gasteiger partial charge in [-0.3, -0.25) is 9.59 Å². The van der Waals surface area contributed by atoms with E-state index in [0.717, 1.165) is 21.8 Å². The van der Waals surface area contributed by atoms with Crippen LogP contribution in [0.15, 0.2) is 29.3 Å². The van der Waals surface area contributed by atoms with Crippen molar-refractivity contribution in [2.45, 2.75) is 20.8 Å². The van der Waals surface area contributed by atoms with E-state index in [2.05, 4.69) is 5.32 Å². The van der Waals surface area contributed by atoms with Crippen LogP contribution in [0.25, 0.3) is 0 Å². The standard InChI is InChI=1S/C15H18N2O2S/c1-4-17-13(19)9-20-14(17)8-12(18)16-15-10(2)6-5-7-11(15)3/h5-8H,4,9H2,1-3H3,(H,16,18)/b14-8-. The normalized spacial score (nSPS) is 16.9. The topological polar surface area (TPSA) is 49.4 Å². The Kier molecular flexibility index (Phi) is 4.49. The lowest BCUT2D eigenvalue weighted by molar-refractivity contribution is -0.125. The van der Waals surface area contributed by atoms with Crippen LogP contribution in [0.2, 0.25) is 0 Å². The molecule has 1 aromatic rings. The molecule has 1 N–H and O–H groups in total. The molecule has 0 bridgehead atoms. The second-order valence-corrected chi connectivity index (χ2v) is 5.66. The number of rotatable bonds is 3. The Morgan fingerprint density at radius 2 is 2.05 bits per heavy atom. The molecule has 1 heterocycles. The van der Waals surface area contributed by atoms with Gasteiger partial charge in [0.05, 0.1) is 10.8 Å². The number of hydrogen-bond donors (Lipinski definition) is 1. The fourth-order valence-corrected chi connectivity index (χ4v) is 3.15. The van der Waals surface area contributed by atoms with Crippen molar-refractivity contribution in [2.24, 2.45) is 0 Å². The summed E-state index contributed by atoms with van der Waals surface area (Å²) in [6.45, 7) is 6.42. The Labute approximate surface area is 123 Å². The van der Waals surface area contributed by atoms with E-state index < -0.39 is 0 Å². The fourth-order valence-electron chi connectivity index (χ4n) is 2.15. The minimum Gasteiger partial charge on any atom is -0.322 e. The average molecular weight is 290 g/mol. The van der Waals surface area contributed by atoms with Crippen LogP contribution >= 0.6 is 11.8 Å². The van der Waals surface area contributed by atoms with Crippen molar-refractivity contribution < 1.29 is 9.59 Å². The number of thioether (sulfide) groups is 1. The summed E-state index contributed by atoms with van der Waals surface area (Å²) in [5.41, 5.74) is 2.89. The lowest BCUT2D eigenvalue weighted by Gasteiger charge is -2.14. The summed E-state index contributed by atoms with van der Waals surface area (Å²) in [4.78, 5) is 25.3. The molecular formula is C15H18N2O2S. The molecule has 5 heteroatoms. The summed E-state index contributed by atoms with van der Waals surface area (Å²) in [6, 6.07) is 5.88. The molecule has 4 nitrogen and oxygen atoms in total. The van der Waals surface area contributed by atoms with E-state index in [4.69, 9.17) is 0 Å². The summed E-state index contributed by atoms with van der Waals surface area (Å²) in [7, 11) is 0. The van der Waals surface area contributed by atoms with E-state index in [1.165, 1.54) is 17.8 Å². The average Bonchev–Trinajstić information content (AvgIpc) is 2.74. The van der Waals surface area contributed by atoms with Crippen molar-refractivity contribution >= 4 is 29.3 Å². The number of carbonyl (C=O) groups is 2. The number of amides is 2. The van der Waals surface area contributed by atoms with E-state index in [9.17, 15) is 9.59 Å². The van der Waals surface area contributed by atoms with Gasteiger partial charge in [-0.1, -0.05) is 30.0 Å². The van der Waals surface area contributed by atoms with Crippen LogP contribution in [0.3, 0.4) is 0 Å². The van der Waals surface area contributed by atoms with Gasteiger partial charge in [-0.05, 0) is 31.9 Å². The number of nitrogens with zero attached hydrogens (tertiary/aromatic N) is 1. The van der Waals surface area contributed by atoms with E-state index in [0.29, 0.717) is 12.3 Å². The maximum Gasteiger partial charge on any atom is 0.251 e. The highest BCUT2D eigenvalue weighted by molar-refractivity contribution is 8.04. The van der Waals surface area contributed by atoms with Gasteiger partial charge in [0.2, 0.25) is 5.91 Å². The Hall–Kier alpha value is -1.75. The molecule has 0 spiro atoms. The number of carbonyl (C=O) groups excluding carboxylic acids is 2. The highest BCUT2D eigenvalue weighted by Gasteiger charge is 2.25. The van der Waals surface area contributed by atoms with Crippen molar-refractivity contribution in [3.8, 4) is 0 Å². The Bertz CT molecular complexity index is 561. The number of benzene rings is 1. The number of aryl methyl sites for hydroxylation is 2. The van der Waals surface area contributed by atoms with Gasteiger partial charge in [0.1, 0.15) is 0 Å². The molecule has 2 rings (SSSR count). The lowest BCUT2D eigenvalue weighted by atomic mass is 10.1. The predicted molar refractivity (Wildman–Crippen MR) is 82.5 cm³/mol. The fraction of sp³-hybridized carbons (Fsp3) is 0.333. The number of hydrogen-bond acceptors (Lipinski definition) is 3. The first kappa shape index (κ1) is 14.7. The molecule has 0 aromatic heterocycles. The number of anilines is 1. The largest absolute Gasteiger partial charge is 0.322 e. The minimum absolute atomic E-state index is 0.0589. The van der Waals surface area contributed by atoms with Crippen LogP contribution in [0.1, 0.15) is 18.1 Å². The molecule has 1 aromatic carbocycles. The first-order chi connectivity index (χ1) is 9.52. The van der Waals surface area contributed by atoms with Crippen molar-refractivity contribution in [2.75, 3.05) is 17.6 Å². The molecule has 2 amide bonds.